The van der Waals surface area contributed by atoms with E-state index >= 15 is 0 Å². The molecule has 104 valence electrons. The maximum atomic E-state index is 8.64. The average Bonchev–Trinajstić information content (AvgIpc) is 2.93. The maximum Gasteiger partial charge on any atom is 0.237 e. The lowest BCUT2D eigenvalue weighted by Gasteiger charge is -2.09. The lowest BCUT2D eigenvalue weighted by atomic mass is 10.3. The molecule has 1 aromatic heterocycles. The van der Waals surface area contributed by atoms with Crippen molar-refractivity contribution in [1.29, 1.82) is 10.5 Å². The molecule has 7 nitrogen and oxygen atoms in total. The van der Waals surface area contributed by atoms with Crippen LogP contribution in [-0.2, 0) is 13.7 Å². The summed E-state index contributed by atoms with van der Waals surface area (Å²) >= 11 is 0. The van der Waals surface area contributed by atoms with E-state index < -0.39 is 0 Å². The van der Waals surface area contributed by atoms with E-state index in [0.29, 0.717) is 18.0 Å². The van der Waals surface area contributed by atoms with E-state index in [2.05, 4.69) is 15.6 Å². The molecule has 21 heavy (non-hydrogen) atoms. The highest BCUT2D eigenvalue weighted by Crippen LogP contribution is 2.24. The number of nitrogens with zero attached hydrogens (tertiary/aromatic N) is 5. The predicted molar refractivity (Wildman–Crippen MR) is 76.3 cm³/mol. The quantitative estimate of drug-likeness (QED) is 0.665. The van der Waals surface area contributed by atoms with Crippen LogP contribution in [0.25, 0.3) is 0 Å². The smallest absolute Gasteiger partial charge is 0.237 e. The van der Waals surface area contributed by atoms with Crippen molar-refractivity contribution < 1.29 is 4.74 Å². The van der Waals surface area contributed by atoms with Gasteiger partial charge in [0.1, 0.15) is 24.5 Å². The van der Waals surface area contributed by atoms with Gasteiger partial charge in [0.25, 0.3) is 0 Å². The molecule has 0 atom stereocenters. The first kappa shape index (κ1) is 14.1. The molecule has 0 saturated heterocycles. The van der Waals surface area contributed by atoms with E-state index in [4.69, 9.17) is 15.3 Å². The molecule has 0 fully saturated rings. The largest absolute Gasteiger partial charge is 0.487 e. The van der Waals surface area contributed by atoms with Gasteiger partial charge in [-0.2, -0.15) is 20.7 Å². The highest BCUT2D eigenvalue weighted by atomic mass is 16.5. The molecule has 1 aromatic carbocycles. The van der Waals surface area contributed by atoms with Gasteiger partial charge in [-0.15, -0.1) is 0 Å². The Morgan fingerprint density at radius 3 is 2.81 bits per heavy atom. The van der Waals surface area contributed by atoms with Crippen molar-refractivity contribution in [3.63, 3.8) is 0 Å². The predicted octanol–water partition coefficient (Wildman–Crippen LogP) is 1.81. The Bertz CT molecular complexity index is 718. The zero-order valence-electron chi connectivity index (χ0n) is 11.3. The fourth-order valence-electron chi connectivity index (χ4n) is 1.58. The van der Waals surface area contributed by atoms with Gasteiger partial charge < -0.3 is 4.74 Å². The Balaban J connectivity index is 2.08. The van der Waals surface area contributed by atoms with Crippen molar-refractivity contribution in [1.82, 2.24) is 9.78 Å². The Labute approximate surface area is 121 Å². The zero-order chi connectivity index (χ0) is 15.1. The van der Waals surface area contributed by atoms with Gasteiger partial charge in [0, 0.05) is 18.8 Å². The molecule has 0 aliphatic carbocycles. The lowest BCUT2D eigenvalue weighted by Crippen LogP contribution is -2.00. The number of rotatable bonds is 5. The van der Waals surface area contributed by atoms with Crippen molar-refractivity contribution >= 4 is 11.4 Å². The number of hydrogen-bond donors (Lipinski definition) is 1. The molecule has 0 radical (unpaired) electrons. The lowest BCUT2D eigenvalue weighted by molar-refractivity contribution is 0.307. The summed E-state index contributed by atoms with van der Waals surface area (Å²) in [6.45, 7) is 0.361. The number of nitrogens with one attached hydrogen (secondary N) is 1. The van der Waals surface area contributed by atoms with Crippen LogP contribution < -0.4 is 10.2 Å². The molecule has 0 unspecified atom stereocenters. The second-order valence-corrected chi connectivity index (χ2v) is 4.10. The van der Waals surface area contributed by atoms with Crippen LogP contribution in [0.5, 0.6) is 5.75 Å². The van der Waals surface area contributed by atoms with Gasteiger partial charge in [-0.1, -0.05) is 12.1 Å². The van der Waals surface area contributed by atoms with Gasteiger partial charge in [-0.05, 0) is 12.1 Å². The minimum Gasteiger partial charge on any atom is -0.487 e. The summed E-state index contributed by atoms with van der Waals surface area (Å²) in [5, 5.41) is 25.0. The first-order valence-electron chi connectivity index (χ1n) is 6.06. The number of hydrogen-bond acceptors (Lipinski definition) is 6. The SMILES string of the molecule is Cn1cc(COc2ccccc2NN=C(C#N)C#N)cn1. The Kier molecular flexibility index (Phi) is 4.52. The summed E-state index contributed by atoms with van der Waals surface area (Å²) in [5.41, 5.74) is 3.91. The van der Waals surface area contributed by atoms with E-state index in [1.165, 1.54) is 0 Å². The third kappa shape index (κ3) is 3.82. The molecule has 1 heterocycles. The van der Waals surface area contributed by atoms with Crippen LogP contribution in [-0.4, -0.2) is 15.5 Å². The normalized spacial score (nSPS) is 9.29. The van der Waals surface area contributed by atoms with E-state index in [1.807, 2.05) is 19.3 Å². The summed E-state index contributed by atoms with van der Waals surface area (Å²) < 4.78 is 7.38. The molecule has 0 aliphatic heterocycles. The van der Waals surface area contributed by atoms with Crippen molar-refractivity contribution in [3.8, 4) is 17.9 Å². The van der Waals surface area contributed by atoms with Gasteiger partial charge in [0.15, 0.2) is 0 Å². The van der Waals surface area contributed by atoms with Crippen LogP contribution in [0.3, 0.4) is 0 Å². The van der Waals surface area contributed by atoms with Crippen LogP contribution in [0, 0.1) is 22.7 Å². The Morgan fingerprint density at radius 2 is 2.14 bits per heavy atom. The molecule has 0 aliphatic rings. The van der Waals surface area contributed by atoms with Crippen LogP contribution >= 0.6 is 0 Å². The highest BCUT2D eigenvalue weighted by molar-refractivity contribution is 6.10. The molecule has 0 bridgehead atoms. The molecule has 0 spiro atoms. The first-order valence-corrected chi connectivity index (χ1v) is 6.06. The number of aromatic nitrogens is 2. The van der Waals surface area contributed by atoms with E-state index in [9.17, 15) is 0 Å². The number of hydrazone groups is 1. The monoisotopic (exact) mass is 280 g/mol. The van der Waals surface area contributed by atoms with Gasteiger partial charge in [0.05, 0.1) is 11.9 Å². The highest BCUT2D eigenvalue weighted by Gasteiger charge is 2.04. The first-order chi connectivity index (χ1) is 10.2. The molecule has 7 heteroatoms. The molecular weight excluding hydrogens is 268 g/mol. The zero-order valence-corrected chi connectivity index (χ0v) is 11.3. The molecule has 1 N–H and O–H groups in total. The minimum absolute atomic E-state index is 0.253. The van der Waals surface area contributed by atoms with Crippen LogP contribution in [0.15, 0.2) is 41.8 Å². The minimum atomic E-state index is -0.253. The Hall–Kier alpha value is -3.32. The third-order valence-corrected chi connectivity index (χ3v) is 2.54. The second-order valence-electron chi connectivity index (χ2n) is 4.10. The number of aryl methyl sites for hydroxylation is 1. The molecule has 2 rings (SSSR count). The fourth-order valence-corrected chi connectivity index (χ4v) is 1.58. The number of benzene rings is 1. The van der Waals surface area contributed by atoms with Crippen LogP contribution in [0.1, 0.15) is 5.56 Å². The third-order valence-electron chi connectivity index (χ3n) is 2.54. The second kappa shape index (κ2) is 6.73. The molecule has 2 aromatic rings. The number of anilines is 1. The van der Waals surface area contributed by atoms with Crippen molar-refractivity contribution in [2.75, 3.05) is 5.43 Å². The van der Waals surface area contributed by atoms with Crippen molar-refractivity contribution in [3.05, 3.63) is 42.2 Å². The summed E-state index contributed by atoms with van der Waals surface area (Å²) in [6.07, 6.45) is 3.58. The standard InChI is InChI=1S/C14H12N6O/c1-20-9-11(8-17-20)10-21-14-5-3-2-4-13(14)19-18-12(6-15)7-16/h2-5,8-9,19H,10H2,1H3. The van der Waals surface area contributed by atoms with Crippen molar-refractivity contribution in [2.24, 2.45) is 12.1 Å². The summed E-state index contributed by atoms with van der Waals surface area (Å²) in [4.78, 5) is 0. The number of nitriles is 2. The number of ether oxygens (including phenoxy) is 1. The molecule has 0 amide bonds. The summed E-state index contributed by atoms with van der Waals surface area (Å²) in [6, 6.07) is 10.5. The topological polar surface area (TPSA) is 99.0 Å². The Morgan fingerprint density at radius 1 is 1.38 bits per heavy atom. The van der Waals surface area contributed by atoms with Gasteiger partial charge in [0.2, 0.25) is 5.71 Å². The van der Waals surface area contributed by atoms with Crippen LogP contribution in [0.2, 0.25) is 0 Å². The van der Waals surface area contributed by atoms with Crippen molar-refractivity contribution in [2.45, 2.75) is 6.61 Å². The van der Waals surface area contributed by atoms with Gasteiger partial charge in [-0.3, -0.25) is 10.1 Å². The van der Waals surface area contributed by atoms with Gasteiger partial charge in [-0.25, -0.2) is 0 Å². The van der Waals surface area contributed by atoms with E-state index in [0.717, 1.165) is 5.56 Å². The summed E-state index contributed by atoms with van der Waals surface area (Å²) in [7, 11) is 1.83. The van der Waals surface area contributed by atoms with Crippen LogP contribution in [0.4, 0.5) is 5.69 Å². The maximum absolute atomic E-state index is 8.64. The average molecular weight is 280 g/mol. The van der Waals surface area contributed by atoms with E-state index in [1.54, 1.807) is 41.2 Å². The fraction of sp³-hybridized carbons (Fsp3) is 0.143. The summed E-state index contributed by atoms with van der Waals surface area (Å²) in [5.74, 6) is 0.570. The van der Waals surface area contributed by atoms with E-state index in [-0.39, 0.29) is 5.71 Å². The number of para-hydroxylation sites is 2. The van der Waals surface area contributed by atoms with Gasteiger partial charge >= 0.3 is 0 Å². The molecular formula is C14H12N6O. The molecule has 0 saturated carbocycles.